The van der Waals surface area contributed by atoms with E-state index < -0.39 is 0 Å². The molecule has 3 unspecified atom stereocenters. The molecule has 0 radical (unpaired) electrons. The number of nitrogens with one attached hydrogen (secondary N) is 1. The molecule has 112 valence electrons. The summed E-state index contributed by atoms with van der Waals surface area (Å²) >= 11 is 0. The molecule has 1 N–H and O–H groups in total. The van der Waals surface area contributed by atoms with Crippen LogP contribution in [0.25, 0.3) is 0 Å². The van der Waals surface area contributed by atoms with Crippen molar-refractivity contribution in [1.82, 2.24) is 10.2 Å². The highest BCUT2D eigenvalue weighted by atomic mass is 16.5. The molecular formula is C16H32N2O. The van der Waals surface area contributed by atoms with Crippen LogP contribution in [0.5, 0.6) is 0 Å². The van der Waals surface area contributed by atoms with Crippen LogP contribution in [0.4, 0.5) is 0 Å². The molecule has 0 aromatic rings. The number of piperazine rings is 1. The van der Waals surface area contributed by atoms with Crippen molar-refractivity contribution in [3.8, 4) is 0 Å². The van der Waals surface area contributed by atoms with Crippen molar-refractivity contribution in [3.63, 3.8) is 0 Å². The Kier molecular flexibility index (Phi) is 5.27. The molecule has 0 bridgehead atoms. The molecule has 0 aliphatic carbocycles. The van der Waals surface area contributed by atoms with Gasteiger partial charge in [-0.05, 0) is 39.0 Å². The van der Waals surface area contributed by atoms with Gasteiger partial charge >= 0.3 is 0 Å². The molecular weight excluding hydrogens is 236 g/mol. The second kappa shape index (κ2) is 6.55. The van der Waals surface area contributed by atoms with Crippen LogP contribution >= 0.6 is 0 Å². The molecule has 19 heavy (non-hydrogen) atoms. The third kappa shape index (κ3) is 3.32. The fraction of sp³-hybridized carbons (Fsp3) is 1.00. The van der Waals surface area contributed by atoms with Crippen molar-refractivity contribution in [3.05, 3.63) is 0 Å². The number of hydrogen-bond acceptors (Lipinski definition) is 3. The second-order valence-electron chi connectivity index (χ2n) is 6.47. The van der Waals surface area contributed by atoms with E-state index in [0.29, 0.717) is 23.8 Å². The van der Waals surface area contributed by atoms with Crippen LogP contribution in [0.2, 0.25) is 0 Å². The smallest absolute Gasteiger partial charge is 0.0706 e. The van der Waals surface area contributed by atoms with Crippen LogP contribution in [-0.4, -0.2) is 48.3 Å². The Balaban J connectivity index is 2.02. The van der Waals surface area contributed by atoms with Crippen LogP contribution < -0.4 is 5.32 Å². The summed E-state index contributed by atoms with van der Waals surface area (Å²) in [6, 6.07) is 0.657. The summed E-state index contributed by atoms with van der Waals surface area (Å²) in [5.74, 6) is 0. The second-order valence-corrected chi connectivity index (χ2v) is 6.47. The Morgan fingerprint density at radius 2 is 1.95 bits per heavy atom. The summed E-state index contributed by atoms with van der Waals surface area (Å²) in [4.78, 5) is 2.74. The fourth-order valence-corrected chi connectivity index (χ4v) is 3.72. The molecule has 2 rings (SSSR count). The van der Waals surface area contributed by atoms with Gasteiger partial charge in [-0.25, -0.2) is 0 Å². The highest BCUT2D eigenvalue weighted by Gasteiger charge is 2.40. The zero-order valence-electron chi connectivity index (χ0n) is 13.2. The zero-order chi connectivity index (χ0) is 13.9. The summed E-state index contributed by atoms with van der Waals surface area (Å²) in [7, 11) is 0. The van der Waals surface area contributed by atoms with E-state index in [1.54, 1.807) is 0 Å². The van der Waals surface area contributed by atoms with E-state index in [1.807, 2.05) is 0 Å². The molecule has 0 saturated carbocycles. The van der Waals surface area contributed by atoms with Crippen molar-refractivity contribution in [2.45, 2.75) is 83.6 Å². The maximum Gasteiger partial charge on any atom is 0.0706 e. The average Bonchev–Trinajstić information content (AvgIpc) is 2.84. The molecule has 3 nitrogen and oxygen atoms in total. The molecule has 2 saturated heterocycles. The molecule has 3 heteroatoms. The van der Waals surface area contributed by atoms with Gasteiger partial charge in [0.25, 0.3) is 0 Å². The van der Waals surface area contributed by atoms with Gasteiger partial charge in [0.1, 0.15) is 0 Å². The van der Waals surface area contributed by atoms with E-state index >= 15 is 0 Å². The molecule has 2 aliphatic rings. The number of hydrogen-bond donors (Lipinski definition) is 1. The van der Waals surface area contributed by atoms with E-state index in [4.69, 9.17) is 4.74 Å². The molecule has 3 atom stereocenters. The first-order chi connectivity index (χ1) is 9.13. The van der Waals surface area contributed by atoms with Crippen LogP contribution in [0.1, 0.15) is 59.8 Å². The highest BCUT2D eigenvalue weighted by molar-refractivity contribution is 4.98. The quantitative estimate of drug-likeness (QED) is 0.830. The Morgan fingerprint density at radius 1 is 1.21 bits per heavy atom. The van der Waals surface area contributed by atoms with Crippen LogP contribution in [0, 0.1) is 0 Å². The SMILES string of the molecule is CCC1CN(CC2CCC(C)O2)C(CC)(CC)CN1. The minimum Gasteiger partial charge on any atom is -0.374 e. The van der Waals surface area contributed by atoms with Crippen molar-refractivity contribution in [1.29, 1.82) is 0 Å². The van der Waals surface area contributed by atoms with Gasteiger partial charge in [0.05, 0.1) is 12.2 Å². The fourth-order valence-electron chi connectivity index (χ4n) is 3.72. The number of rotatable bonds is 5. The Bertz CT molecular complexity index is 278. The van der Waals surface area contributed by atoms with Crippen LogP contribution in [-0.2, 0) is 4.74 Å². The topological polar surface area (TPSA) is 24.5 Å². The molecule has 2 heterocycles. The normalized spacial score (nSPS) is 35.7. The largest absolute Gasteiger partial charge is 0.374 e. The highest BCUT2D eigenvalue weighted by Crippen LogP contribution is 2.30. The van der Waals surface area contributed by atoms with Crippen LogP contribution in [0.3, 0.4) is 0 Å². The number of nitrogens with zero attached hydrogens (tertiary/aromatic N) is 1. The molecule has 2 aliphatic heterocycles. The van der Waals surface area contributed by atoms with Crippen molar-refractivity contribution >= 4 is 0 Å². The molecule has 0 aromatic carbocycles. The number of ether oxygens (including phenoxy) is 1. The predicted octanol–water partition coefficient (Wildman–Crippen LogP) is 2.80. The van der Waals surface area contributed by atoms with Gasteiger partial charge in [-0.15, -0.1) is 0 Å². The molecule has 0 amide bonds. The van der Waals surface area contributed by atoms with Gasteiger partial charge in [-0.3, -0.25) is 4.90 Å². The van der Waals surface area contributed by atoms with Gasteiger partial charge in [0.15, 0.2) is 0 Å². The first kappa shape index (κ1) is 15.3. The van der Waals surface area contributed by atoms with Gasteiger partial charge in [-0.1, -0.05) is 20.8 Å². The maximum absolute atomic E-state index is 6.05. The van der Waals surface area contributed by atoms with Crippen molar-refractivity contribution in [2.75, 3.05) is 19.6 Å². The zero-order valence-corrected chi connectivity index (χ0v) is 13.2. The molecule has 2 fully saturated rings. The Morgan fingerprint density at radius 3 is 2.47 bits per heavy atom. The van der Waals surface area contributed by atoms with Gasteiger partial charge in [-0.2, -0.15) is 0 Å². The van der Waals surface area contributed by atoms with Gasteiger partial charge in [0, 0.05) is 31.2 Å². The summed E-state index contributed by atoms with van der Waals surface area (Å²) in [5, 5.41) is 3.74. The first-order valence-electron chi connectivity index (χ1n) is 8.27. The third-order valence-corrected chi connectivity index (χ3v) is 5.38. The first-order valence-corrected chi connectivity index (χ1v) is 8.27. The lowest BCUT2D eigenvalue weighted by molar-refractivity contribution is -0.0270. The third-order valence-electron chi connectivity index (χ3n) is 5.38. The van der Waals surface area contributed by atoms with Gasteiger partial charge < -0.3 is 10.1 Å². The monoisotopic (exact) mass is 268 g/mol. The summed E-state index contributed by atoms with van der Waals surface area (Å²) in [6.07, 6.45) is 7.09. The average molecular weight is 268 g/mol. The lowest BCUT2D eigenvalue weighted by Crippen LogP contribution is -2.65. The van der Waals surface area contributed by atoms with Crippen LogP contribution in [0.15, 0.2) is 0 Å². The predicted molar refractivity (Wildman–Crippen MR) is 80.5 cm³/mol. The lowest BCUT2D eigenvalue weighted by atomic mass is 9.86. The molecule has 0 spiro atoms. The Labute approximate surface area is 119 Å². The summed E-state index contributed by atoms with van der Waals surface area (Å²) in [6.45, 7) is 12.6. The van der Waals surface area contributed by atoms with Crippen molar-refractivity contribution in [2.24, 2.45) is 0 Å². The van der Waals surface area contributed by atoms with E-state index in [9.17, 15) is 0 Å². The summed E-state index contributed by atoms with van der Waals surface area (Å²) < 4.78 is 6.05. The van der Waals surface area contributed by atoms with E-state index in [1.165, 1.54) is 38.6 Å². The minimum absolute atomic E-state index is 0.348. The van der Waals surface area contributed by atoms with E-state index in [0.717, 1.165) is 13.1 Å². The summed E-state index contributed by atoms with van der Waals surface area (Å²) in [5.41, 5.74) is 0.348. The molecule has 0 aromatic heterocycles. The van der Waals surface area contributed by atoms with E-state index in [-0.39, 0.29) is 0 Å². The lowest BCUT2D eigenvalue weighted by Gasteiger charge is -2.50. The maximum atomic E-state index is 6.05. The standard InChI is InChI=1S/C16H32N2O/c1-5-14-10-18(11-15-9-8-13(4)19-15)16(6-2,7-3)12-17-14/h13-15,17H,5-12H2,1-4H3. The van der Waals surface area contributed by atoms with E-state index in [2.05, 4.69) is 37.9 Å². The minimum atomic E-state index is 0.348. The Hall–Kier alpha value is -0.120. The van der Waals surface area contributed by atoms with Crippen molar-refractivity contribution < 1.29 is 4.74 Å². The van der Waals surface area contributed by atoms with Gasteiger partial charge in [0.2, 0.25) is 0 Å².